The third kappa shape index (κ3) is 2.20. The molecule has 5 heteroatoms. The van der Waals surface area contributed by atoms with Crippen molar-refractivity contribution in [2.75, 3.05) is 13.2 Å². The van der Waals surface area contributed by atoms with Crippen molar-refractivity contribution in [1.82, 2.24) is 0 Å². The SMILES string of the molecule is O=C1c2ccccc2C(=O)c2c1ccc(COCCO)c2O. The fraction of sp³-hybridized carbons (Fsp3) is 0.176. The molecule has 0 aromatic heterocycles. The molecule has 112 valence electrons. The third-order valence-electron chi connectivity index (χ3n) is 3.64. The van der Waals surface area contributed by atoms with Crippen LogP contribution < -0.4 is 0 Å². The second-order valence-corrected chi connectivity index (χ2v) is 4.98. The van der Waals surface area contributed by atoms with Crippen molar-refractivity contribution >= 4 is 11.6 Å². The van der Waals surface area contributed by atoms with Gasteiger partial charge in [-0.2, -0.15) is 0 Å². The van der Waals surface area contributed by atoms with E-state index < -0.39 is 0 Å². The van der Waals surface area contributed by atoms with Gasteiger partial charge in [-0.1, -0.05) is 30.3 Å². The maximum absolute atomic E-state index is 12.6. The Balaban J connectivity index is 2.07. The minimum atomic E-state index is -0.369. The lowest BCUT2D eigenvalue weighted by Crippen LogP contribution is -2.21. The van der Waals surface area contributed by atoms with Crippen LogP contribution in [0.4, 0.5) is 0 Å². The summed E-state index contributed by atoms with van der Waals surface area (Å²) in [5.41, 5.74) is 1.28. The average molecular weight is 298 g/mol. The van der Waals surface area contributed by atoms with Gasteiger partial charge in [0.1, 0.15) is 5.75 Å². The van der Waals surface area contributed by atoms with Gasteiger partial charge in [0.05, 0.1) is 25.4 Å². The number of hydrogen-bond acceptors (Lipinski definition) is 5. The number of rotatable bonds is 4. The molecule has 0 saturated heterocycles. The highest BCUT2D eigenvalue weighted by molar-refractivity contribution is 6.29. The number of fused-ring (bicyclic) bond motifs is 2. The monoisotopic (exact) mass is 298 g/mol. The van der Waals surface area contributed by atoms with Gasteiger partial charge in [0, 0.05) is 22.3 Å². The number of phenols is 1. The van der Waals surface area contributed by atoms with Crippen molar-refractivity contribution in [3.8, 4) is 5.75 Å². The summed E-state index contributed by atoms with van der Waals surface area (Å²) in [5, 5.41) is 19.0. The summed E-state index contributed by atoms with van der Waals surface area (Å²) in [4.78, 5) is 25.0. The van der Waals surface area contributed by atoms with Gasteiger partial charge in [0.25, 0.3) is 0 Å². The summed E-state index contributed by atoms with van der Waals surface area (Å²) >= 11 is 0. The second-order valence-electron chi connectivity index (χ2n) is 4.98. The molecule has 0 amide bonds. The first-order valence-electron chi connectivity index (χ1n) is 6.87. The first-order valence-corrected chi connectivity index (χ1v) is 6.87. The fourth-order valence-electron chi connectivity index (χ4n) is 2.58. The number of ketones is 2. The van der Waals surface area contributed by atoms with Crippen LogP contribution in [0.15, 0.2) is 36.4 Å². The molecule has 5 nitrogen and oxygen atoms in total. The molecule has 0 atom stereocenters. The van der Waals surface area contributed by atoms with Gasteiger partial charge < -0.3 is 14.9 Å². The van der Waals surface area contributed by atoms with E-state index in [2.05, 4.69) is 0 Å². The van der Waals surface area contributed by atoms with E-state index in [9.17, 15) is 14.7 Å². The highest BCUT2D eigenvalue weighted by Gasteiger charge is 2.32. The minimum absolute atomic E-state index is 0.0220. The lowest BCUT2D eigenvalue weighted by atomic mass is 9.83. The number of benzene rings is 2. The summed E-state index contributed by atoms with van der Waals surface area (Å²) in [6.07, 6.45) is 0. The van der Waals surface area contributed by atoms with E-state index in [1.165, 1.54) is 6.07 Å². The molecule has 1 aliphatic rings. The fourth-order valence-corrected chi connectivity index (χ4v) is 2.58. The molecule has 0 fully saturated rings. The van der Waals surface area contributed by atoms with Gasteiger partial charge in [-0.25, -0.2) is 0 Å². The molecule has 2 aromatic carbocycles. The van der Waals surface area contributed by atoms with Crippen LogP contribution in [0.1, 0.15) is 37.4 Å². The van der Waals surface area contributed by atoms with Crippen molar-refractivity contribution < 1.29 is 24.5 Å². The van der Waals surface area contributed by atoms with E-state index in [1.807, 2.05) is 0 Å². The van der Waals surface area contributed by atoms with Gasteiger partial charge >= 0.3 is 0 Å². The Morgan fingerprint density at radius 3 is 2.27 bits per heavy atom. The molecule has 0 unspecified atom stereocenters. The van der Waals surface area contributed by atoms with Gasteiger partial charge in [-0.15, -0.1) is 0 Å². The Labute approximate surface area is 126 Å². The summed E-state index contributed by atoms with van der Waals surface area (Å²) in [5.74, 6) is -0.877. The maximum atomic E-state index is 12.6. The topological polar surface area (TPSA) is 83.8 Å². The van der Waals surface area contributed by atoms with Crippen LogP contribution in [0.5, 0.6) is 5.75 Å². The molecule has 1 aliphatic carbocycles. The van der Waals surface area contributed by atoms with Gasteiger partial charge in [0.2, 0.25) is 0 Å². The van der Waals surface area contributed by atoms with Crippen molar-refractivity contribution in [1.29, 1.82) is 0 Å². The number of aliphatic hydroxyl groups is 1. The number of ether oxygens (including phenoxy) is 1. The minimum Gasteiger partial charge on any atom is -0.507 e. The number of carbonyl (C=O) groups excluding carboxylic acids is 2. The maximum Gasteiger partial charge on any atom is 0.198 e. The number of hydrogen-bond donors (Lipinski definition) is 2. The Hall–Kier alpha value is -2.50. The normalized spacial score (nSPS) is 13.0. The first-order chi connectivity index (χ1) is 10.6. The largest absolute Gasteiger partial charge is 0.507 e. The van der Waals surface area contributed by atoms with Crippen LogP contribution in [-0.4, -0.2) is 35.0 Å². The lowest BCUT2D eigenvalue weighted by molar-refractivity contribution is 0.0801. The summed E-state index contributed by atoms with van der Waals surface area (Å²) in [6, 6.07) is 9.65. The predicted octanol–water partition coefficient (Wildman–Crippen LogP) is 1.68. The summed E-state index contributed by atoms with van der Waals surface area (Å²) in [6.45, 7) is 0.0610. The van der Waals surface area contributed by atoms with Crippen LogP contribution in [0.3, 0.4) is 0 Å². The smallest absolute Gasteiger partial charge is 0.198 e. The van der Waals surface area contributed by atoms with Crippen molar-refractivity contribution in [3.63, 3.8) is 0 Å². The van der Waals surface area contributed by atoms with Gasteiger partial charge in [-0.05, 0) is 6.07 Å². The van der Waals surface area contributed by atoms with E-state index >= 15 is 0 Å². The zero-order valence-corrected chi connectivity index (χ0v) is 11.7. The van der Waals surface area contributed by atoms with E-state index in [-0.39, 0.29) is 48.3 Å². The van der Waals surface area contributed by atoms with E-state index in [4.69, 9.17) is 9.84 Å². The molecule has 0 saturated carbocycles. The zero-order valence-electron chi connectivity index (χ0n) is 11.7. The van der Waals surface area contributed by atoms with E-state index in [0.717, 1.165) is 0 Å². The van der Waals surface area contributed by atoms with Crippen LogP contribution in [0, 0.1) is 0 Å². The molecule has 2 aromatic rings. The van der Waals surface area contributed by atoms with Crippen LogP contribution in [0.2, 0.25) is 0 Å². The average Bonchev–Trinajstić information content (AvgIpc) is 2.54. The molecule has 0 radical (unpaired) electrons. The van der Waals surface area contributed by atoms with Gasteiger partial charge in [-0.3, -0.25) is 9.59 Å². The van der Waals surface area contributed by atoms with Crippen molar-refractivity contribution in [2.45, 2.75) is 6.61 Å². The predicted molar refractivity (Wildman–Crippen MR) is 78.2 cm³/mol. The molecule has 2 N–H and O–H groups in total. The summed E-state index contributed by atoms with van der Waals surface area (Å²) in [7, 11) is 0. The zero-order chi connectivity index (χ0) is 15.7. The molecule has 3 rings (SSSR count). The molecule has 22 heavy (non-hydrogen) atoms. The second kappa shape index (κ2) is 5.71. The Morgan fingerprint density at radius 2 is 1.59 bits per heavy atom. The van der Waals surface area contributed by atoms with Crippen molar-refractivity contribution in [3.05, 3.63) is 64.2 Å². The molecule has 0 spiro atoms. The number of carbonyl (C=O) groups is 2. The number of aliphatic hydroxyl groups excluding tert-OH is 1. The van der Waals surface area contributed by atoms with E-state index in [0.29, 0.717) is 16.7 Å². The molecule has 0 aliphatic heterocycles. The molecule has 0 bridgehead atoms. The highest BCUT2D eigenvalue weighted by atomic mass is 16.5. The first kappa shape index (κ1) is 14.4. The Kier molecular flexibility index (Phi) is 3.75. The van der Waals surface area contributed by atoms with Gasteiger partial charge in [0.15, 0.2) is 11.6 Å². The lowest BCUT2D eigenvalue weighted by Gasteiger charge is -2.19. The number of phenolic OH excluding ortho intramolecular Hbond substituents is 1. The molecular weight excluding hydrogens is 284 g/mol. The van der Waals surface area contributed by atoms with E-state index in [1.54, 1.807) is 30.3 Å². The Morgan fingerprint density at radius 1 is 0.909 bits per heavy atom. The standard InChI is InChI=1S/C17H14O5/c18-7-8-22-9-10-5-6-13-14(15(10)19)17(21)12-4-2-1-3-11(12)16(13)20/h1-6,18-19H,7-9H2. The number of aromatic hydroxyl groups is 1. The van der Waals surface area contributed by atoms with Crippen molar-refractivity contribution in [2.24, 2.45) is 0 Å². The molecular formula is C17H14O5. The van der Waals surface area contributed by atoms with Crippen LogP contribution in [0.25, 0.3) is 0 Å². The summed E-state index contributed by atoms with van der Waals surface area (Å²) < 4.78 is 5.17. The Bertz CT molecular complexity index is 764. The quantitative estimate of drug-likeness (QED) is 0.716. The highest BCUT2D eigenvalue weighted by Crippen LogP contribution is 2.35. The third-order valence-corrected chi connectivity index (χ3v) is 3.64. The van der Waals surface area contributed by atoms with Crippen LogP contribution >= 0.6 is 0 Å². The van der Waals surface area contributed by atoms with Crippen LogP contribution in [-0.2, 0) is 11.3 Å². The molecule has 0 heterocycles.